The van der Waals surface area contributed by atoms with Gasteiger partial charge in [0.2, 0.25) is 0 Å². The van der Waals surface area contributed by atoms with Crippen LogP contribution in [0.2, 0.25) is 0 Å². The number of nitrogens with one attached hydrogen (secondary N) is 1. The Morgan fingerprint density at radius 1 is 1.26 bits per heavy atom. The van der Waals surface area contributed by atoms with Crippen molar-refractivity contribution in [1.29, 1.82) is 0 Å². The molecule has 0 aliphatic heterocycles. The van der Waals surface area contributed by atoms with Crippen LogP contribution in [-0.2, 0) is 6.54 Å². The molecule has 1 N–H and O–H groups in total. The Bertz CT molecular complexity index is 504. The first-order chi connectivity index (χ1) is 9.24. The first-order valence-electron chi connectivity index (χ1n) is 6.63. The molecule has 4 heteroatoms. The Morgan fingerprint density at radius 2 is 2.00 bits per heavy atom. The quantitative estimate of drug-likeness (QED) is 0.821. The fourth-order valence-electron chi connectivity index (χ4n) is 2.03. The highest BCUT2D eigenvalue weighted by atomic mass is 32.2. The Labute approximate surface area is 119 Å². The van der Waals surface area contributed by atoms with Crippen molar-refractivity contribution in [3.8, 4) is 0 Å². The molecule has 2 aromatic rings. The molecular weight excluding hydrogens is 254 g/mol. The van der Waals surface area contributed by atoms with Crippen molar-refractivity contribution < 1.29 is 0 Å². The first kappa shape index (κ1) is 14.2. The van der Waals surface area contributed by atoms with Crippen LogP contribution in [-0.4, -0.2) is 22.6 Å². The highest BCUT2D eigenvalue weighted by Crippen LogP contribution is 2.24. The van der Waals surface area contributed by atoms with Crippen LogP contribution in [0.1, 0.15) is 24.2 Å². The lowest BCUT2D eigenvalue weighted by Crippen LogP contribution is -2.22. The minimum atomic E-state index is 0.328. The molecule has 0 radical (unpaired) electrons. The molecule has 0 aliphatic carbocycles. The van der Waals surface area contributed by atoms with E-state index in [-0.39, 0.29) is 0 Å². The monoisotopic (exact) mass is 275 g/mol. The highest BCUT2D eigenvalue weighted by Gasteiger charge is 2.13. The third-order valence-electron chi connectivity index (χ3n) is 3.19. The molecule has 2 rings (SSSR count). The fraction of sp³-hybridized carbons (Fsp3) is 0.400. The Hall–Kier alpha value is -1.26. The normalized spacial score (nSPS) is 12.6. The molecule has 1 aromatic carbocycles. The minimum absolute atomic E-state index is 0.328. The second-order valence-corrected chi connectivity index (χ2v) is 5.63. The lowest BCUT2D eigenvalue weighted by atomic mass is 10.2. The van der Waals surface area contributed by atoms with Crippen molar-refractivity contribution in [2.75, 3.05) is 12.8 Å². The molecule has 0 bridgehead atoms. The molecule has 0 spiro atoms. The van der Waals surface area contributed by atoms with Crippen LogP contribution in [0.3, 0.4) is 0 Å². The van der Waals surface area contributed by atoms with Crippen molar-refractivity contribution in [1.82, 2.24) is 15.1 Å². The van der Waals surface area contributed by atoms with E-state index < -0.39 is 0 Å². The summed E-state index contributed by atoms with van der Waals surface area (Å²) in [5.41, 5.74) is 2.56. The molecule has 19 heavy (non-hydrogen) atoms. The Kier molecular flexibility index (Phi) is 5.05. The molecule has 102 valence electrons. The third-order valence-corrected chi connectivity index (χ3v) is 4.30. The summed E-state index contributed by atoms with van der Waals surface area (Å²) in [7, 11) is 2.01. The second kappa shape index (κ2) is 6.78. The van der Waals surface area contributed by atoms with Crippen LogP contribution in [0, 0.1) is 6.92 Å². The number of nitrogens with zero attached hydrogens (tertiary/aromatic N) is 2. The predicted octanol–water partition coefficient (Wildman–Crippen LogP) is 3.26. The summed E-state index contributed by atoms with van der Waals surface area (Å²) in [6, 6.07) is 11.1. The maximum Gasteiger partial charge on any atom is 0.0584 e. The van der Waals surface area contributed by atoms with E-state index in [9.17, 15) is 0 Å². The summed E-state index contributed by atoms with van der Waals surface area (Å²) in [5.74, 6) is 1.01. The van der Waals surface area contributed by atoms with Gasteiger partial charge in [0, 0.05) is 23.4 Å². The van der Waals surface area contributed by atoms with E-state index in [1.54, 1.807) is 0 Å². The zero-order valence-electron chi connectivity index (χ0n) is 11.8. The predicted molar refractivity (Wildman–Crippen MR) is 81.6 cm³/mol. The number of hydrogen-bond donors (Lipinski definition) is 1. The van der Waals surface area contributed by atoms with Crippen LogP contribution in [0.15, 0.2) is 41.4 Å². The maximum atomic E-state index is 4.34. The number of hydrogen-bond acceptors (Lipinski definition) is 3. The van der Waals surface area contributed by atoms with Gasteiger partial charge in [0.15, 0.2) is 0 Å². The van der Waals surface area contributed by atoms with Crippen LogP contribution in [0.4, 0.5) is 0 Å². The highest BCUT2D eigenvalue weighted by molar-refractivity contribution is 7.99. The van der Waals surface area contributed by atoms with E-state index in [0.29, 0.717) is 6.04 Å². The number of thioether (sulfide) groups is 1. The maximum absolute atomic E-state index is 4.34. The molecule has 1 atom stereocenters. The van der Waals surface area contributed by atoms with Crippen LogP contribution < -0.4 is 5.32 Å². The van der Waals surface area contributed by atoms with Gasteiger partial charge in [-0.3, -0.25) is 4.68 Å². The molecule has 0 aliphatic rings. The Morgan fingerprint density at radius 3 is 2.63 bits per heavy atom. The fourth-order valence-corrected chi connectivity index (χ4v) is 3.06. The lowest BCUT2D eigenvalue weighted by Gasteiger charge is -2.17. The van der Waals surface area contributed by atoms with Crippen LogP contribution >= 0.6 is 11.8 Å². The second-order valence-electron chi connectivity index (χ2n) is 4.54. The molecule has 1 heterocycles. The zero-order chi connectivity index (χ0) is 13.7. The number of benzene rings is 1. The summed E-state index contributed by atoms with van der Waals surface area (Å²) in [5, 5.41) is 7.72. The van der Waals surface area contributed by atoms with Gasteiger partial charge in [-0.25, -0.2) is 0 Å². The molecule has 0 saturated heterocycles. The van der Waals surface area contributed by atoms with Gasteiger partial charge in [-0.15, -0.1) is 11.8 Å². The van der Waals surface area contributed by atoms with Crippen molar-refractivity contribution in [2.24, 2.45) is 0 Å². The van der Waals surface area contributed by atoms with E-state index in [1.165, 1.54) is 16.2 Å². The van der Waals surface area contributed by atoms with E-state index >= 15 is 0 Å². The third kappa shape index (κ3) is 3.61. The summed E-state index contributed by atoms with van der Waals surface area (Å²) in [4.78, 5) is 1.31. The minimum Gasteiger partial charge on any atom is -0.311 e. The van der Waals surface area contributed by atoms with Crippen molar-refractivity contribution in [3.63, 3.8) is 0 Å². The number of aryl methyl sites for hydroxylation is 2. The average molecular weight is 275 g/mol. The number of rotatable bonds is 6. The zero-order valence-corrected chi connectivity index (χ0v) is 12.6. The topological polar surface area (TPSA) is 29.9 Å². The molecule has 0 fully saturated rings. The molecule has 1 aromatic heterocycles. The molecular formula is C15H21N3S. The molecule has 0 saturated carbocycles. The van der Waals surface area contributed by atoms with Gasteiger partial charge in [0.05, 0.1) is 11.7 Å². The largest absolute Gasteiger partial charge is 0.311 e. The van der Waals surface area contributed by atoms with E-state index in [1.807, 2.05) is 25.0 Å². The van der Waals surface area contributed by atoms with Gasteiger partial charge < -0.3 is 5.32 Å². The molecule has 1 unspecified atom stereocenters. The van der Waals surface area contributed by atoms with E-state index in [0.717, 1.165) is 12.3 Å². The first-order valence-corrected chi connectivity index (χ1v) is 7.61. The summed E-state index contributed by atoms with van der Waals surface area (Å²) in [6.45, 7) is 5.15. The summed E-state index contributed by atoms with van der Waals surface area (Å²) in [6.07, 6.45) is 1.87. The van der Waals surface area contributed by atoms with Gasteiger partial charge in [-0.2, -0.15) is 5.10 Å². The molecule has 0 amide bonds. The SMILES string of the molecule is CCn1nccc1C(CSc1ccc(C)cc1)NC. The van der Waals surface area contributed by atoms with Gasteiger partial charge >= 0.3 is 0 Å². The van der Waals surface area contributed by atoms with Crippen molar-refractivity contribution in [3.05, 3.63) is 47.8 Å². The van der Waals surface area contributed by atoms with Crippen LogP contribution in [0.25, 0.3) is 0 Å². The molecule has 3 nitrogen and oxygen atoms in total. The van der Waals surface area contributed by atoms with E-state index in [4.69, 9.17) is 0 Å². The van der Waals surface area contributed by atoms with E-state index in [2.05, 4.69) is 59.3 Å². The summed E-state index contributed by atoms with van der Waals surface area (Å²) >= 11 is 1.88. The van der Waals surface area contributed by atoms with Crippen LogP contribution in [0.5, 0.6) is 0 Å². The van der Waals surface area contributed by atoms with Gasteiger partial charge in [-0.05, 0) is 39.1 Å². The average Bonchev–Trinajstić information content (AvgIpc) is 2.90. The summed E-state index contributed by atoms with van der Waals surface area (Å²) < 4.78 is 2.05. The lowest BCUT2D eigenvalue weighted by molar-refractivity contribution is 0.549. The Balaban J connectivity index is 2.02. The van der Waals surface area contributed by atoms with Gasteiger partial charge in [-0.1, -0.05) is 17.7 Å². The van der Waals surface area contributed by atoms with Crippen molar-refractivity contribution >= 4 is 11.8 Å². The van der Waals surface area contributed by atoms with Gasteiger partial charge in [0.25, 0.3) is 0 Å². The standard InChI is InChI=1S/C15H21N3S/c1-4-18-15(9-10-17-18)14(16-3)11-19-13-7-5-12(2)6-8-13/h5-10,14,16H,4,11H2,1-3H3. The number of aromatic nitrogens is 2. The smallest absolute Gasteiger partial charge is 0.0584 e. The van der Waals surface area contributed by atoms with Crippen molar-refractivity contribution in [2.45, 2.75) is 31.3 Å². The van der Waals surface area contributed by atoms with Gasteiger partial charge in [0.1, 0.15) is 0 Å².